The van der Waals surface area contributed by atoms with E-state index in [0.29, 0.717) is 17.1 Å². The van der Waals surface area contributed by atoms with Crippen molar-refractivity contribution in [1.82, 2.24) is 0 Å². The Hall–Kier alpha value is -3.25. The van der Waals surface area contributed by atoms with Gasteiger partial charge in [-0.1, -0.05) is 50.2 Å². The van der Waals surface area contributed by atoms with E-state index in [2.05, 4.69) is 44.2 Å². The van der Waals surface area contributed by atoms with Crippen molar-refractivity contribution in [3.63, 3.8) is 0 Å². The second kappa shape index (κ2) is 6.70. The first-order chi connectivity index (χ1) is 12.0. The van der Waals surface area contributed by atoms with Crippen LogP contribution in [0.2, 0.25) is 0 Å². The molecule has 3 rings (SSSR count). The molecular weight excluding hydrogens is 308 g/mol. The van der Waals surface area contributed by atoms with Crippen molar-refractivity contribution < 1.29 is 4.74 Å². The highest BCUT2D eigenvalue weighted by atomic mass is 16.5. The number of hydrogen-bond acceptors (Lipinski definition) is 3. The first-order valence-electron chi connectivity index (χ1n) is 8.14. The molecule has 0 saturated heterocycles. The summed E-state index contributed by atoms with van der Waals surface area (Å²) in [5.74, 6) is 1.27. The van der Waals surface area contributed by atoms with Crippen LogP contribution in [0.5, 0.6) is 11.5 Å². The Balaban J connectivity index is 1.84. The third-order valence-electron chi connectivity index (χ3n) is 4.44. The molecule has 0 atom stereocenters. The van der Waals surface area contributed by atoms with E-state index < -0.39 is 0 Å². The van der Waals surface area contributed by atoms with Crippen molar-refractivity contribution in [3.05, 3.63) is 89.5 Å². The molecule has 0 bridgehead atoms. The van der Waals surface area contributed by atoms with Gasteiger partial charge >= 0.3 is 0 Å². The van der Waals surface area contributed by atoms with Crippen molar-refractivity contribution in [1.29, 1.82) is 5.26 Å². The molecule has 0 fully saturated rings. The number of anilines is 1. The molecule has 3 aromatic rings. The standard InChI is InChI=1S/C22H20N2O/c1-22(2,17-7-11-19(24)12-8-17)18-9-13-20(14-10-18)25-21-6-4-3-5-16(21)15-23/h3-14H,24H2,1-2H3. The Morgan fingerprint density at radius 2 is 1.40 bits per heavy atom. The highest BCUT2D eigenvalue weighted by Crippen LogP contribution is 2.33. The summed E-state index contributed by atoms with van der Waals surface area (Å²) in [5, 5.41) is 9.15. The quantitative estimate of drug-likeness (QED) is 0.665. The van der Waals surface area contributed by atoms with Crippen LogP contribution < -0.4 is 10.5 Å². The molecule has 0 aliphatic heterocycles. The summed E-state index contributed by atoms with van der Waals surface area (Å²) in [5.41, 5.74) is 9.31. The predicted octanol–water partition coefficient (Wildman–Crippen LogP) is 5.26. The van der Waals surface area contributed by atoms with Gasteiger partial charge in [-0.25, -0.2) is 0 Å². The van der Waals surface area contributed by atoms with Crippen LogP contribution in [0, 0.1) is 11.3 Å². The van der Waals surface area contributed by atoms with Gasteiger partial charge in [0, 0.05) is 11.1 Å². The van der Waals surface area contributed by atoms with Gasteiger partial charge in [-0.2, -0.15) is 5.26 Å². The van der Waals surface area contributed by atoms with Crippen molar-refractivity contribution >= 4 is 5.69 Å². The fraction of sp³-hybridized carbons (Fsp3) is 0.136. The van der Waals surface area contributed by atoms with Gasteiger partial charge in [0.15, 0.2) is 0 Å². The number of hydrogen-bond donors (Lipinski definition) is 1. The normalized spacial score (nSPS) is 10.9. The fourth-order valence-electron chi connectivity index (χ4n) is 2.78. The van der Waals surface area contributed by atoms with Gasteiger partial charge < -0.3 is 10.5 Å². The first kappa shape index (κ1) is 16.6. The summed E-state index contributed by atoms with van der Waals surface area (Å²) in [6.45, 7) is 4.36. The molecule has 0 unspecified atom stereocenters. The van der Waals surface area contributed by atoms with E-state index in [1.165, 1.54) is 11.1 Å². The van der Waals surface area contributed by atoms with E-state index >= 15 is 0 Å². The average molecular weight is 328 g/mol. The molecule has 2 N–H and O–H groups in total. The van der Waals surface area contributed by atoms with Crippen LogP contribution in [0.1, 0.15) is 30.5 Å². The zero-order valence-corrected chi connectivity index (χ0v) is 14.4. The smallest absolute Gasteiger partial charge is 0.145 e. The maximum absolute atomic E-state index is 9.15. The molecule has 0 radical (unpaired) electrons. The lowest BCUT2D eigenvalue weighted by Crippen LogP contribution is -2.18. The molecule has 124 valence electrons. The van der Waals surface area contributed by atoms with E-state index in [0.717, 1.165) is 5.69 Å². The Kier molecular flexibility index (Phi) is 4.45. The van der Waals surface area contributed by atoms with Crippen molar-refractivity contribution in [2.75, 3.05) is 5.73 Å². The number of rotatable bonds is 4. The molecule has 0 aliphatic rings. The zero-order chi connectivity index (χ0) is 17.9. The van der Waals surface area contributed by atoms with Crippen LogP contribution in [-0.4, -0.2) is 0 Å². The van der Waals surface area contributed by atoms with E-state index in [-0.39, 0.29) is 5.41 Å². The minimum atomic E-state index is -0.142. The molecule has 0 heterocycles. The van der Waals surface area contributed by atoms with Crippen molar-refractivity contribution in [2.45, 2.75) is 19.3 Å². The number of nitriles is 1. The van der Waals surface area contributed by atoms with E-state index in [1.54, 1.807) is 12.1 Å². The third kappa shape index (κ3) is 3.49. The van der Waals surface area contributed by atoms with Crippen molar-refractivity contribution in [2.24, 2.45) is 0 Å². The van der Waals surface area contributed by atoms with Gasteiger partial charge in [0.2, 0.25) is 0 Å². The summed E-state index contributed by atoms with van der Waals surface area (Å²) in [4.78, 5) is 0. The number of nitrogen functional groups attached to an aromatic ring is 1. The highest BCUT2D eigenvalue weighted by Gasteiger charge is 2.23. The predicted molar refractivity (Wildman–Crippen MR) is 101 cm³/mol. The summed E-state index contributed by atoms with van der Waals surface area (Å²) < 4.78 is 5.85. The average Bonchev–Trinajstić information content (AvgIpc) is 2.63. The molecule has 25 heavy (non-hydrogen) atoms. The molecule has 0 saturated carbocycles. The van der Waals surface area contributed by atoms with E-state index in [4.69, 9.17) is 15.7 Å². The second-order valence-corrected chi connectivity index (χ2v) is 6.48. The van der Waals surface area contributed by atoms with Crippen LogP contribution in [0.4, 0.5) is 5.69 Å². The lowest BCUT2D eigenvalue weighted by Gasteiger charge is -2.26. The third-order valence-corrected chi connectivity index (χ3v) is 4.44. The fourth-order valence-corrected chi connectivity index (χ4v) is 2.78. The Morgan fingerprint density at radius 1 is 0.840 bits per heavy atom. The SMILES string of the molecule is CC(C)(c1ccc(N)cc1)c1ccc(Oc2ccccc2C#N)cc1. The number of benzene rings is 3. The minimum Gasteiger partial charge on any atom is -0.456 e. The van der Waals surface area contributed by atoms with Gasteiger partial charge in [0.25, 0.3) is 0 Å². The molecule has 0 aliphatic carbocycles. The minimum absolute atomic E-state index is 0.142. The molecule has 0 spiro atoms. The zero-order valence-electron chi connectivity index (χ0n) is 14.4. The molecular formula is C22H20N2O. The number of para-hydroxylation sites is 1. The highest BCUT2D eigenvalue weighted by molar-refractivity contribution is 5.47. The van der Waals surface area contributed by atoms with Crippen LogP contribution in [0.15, 0.2) is 72.8 Å². The van der Waals surface area contributed by atoms with E-state index in [1.807, 2.05) is 36.4 Å². The largest absolute Gasteiger partial charge is 0.456 e. The van der Waals surface area contributed by atoms with E-state index in [9.17, 15) is 0 Å². The summed E-state index contributed by atoms with van der Waals surface area (Å²) in [7, 11) is 0. The van der Waals surface area contributed by atoms with Crippen LogP contribution in [0.3, 0.4) is 0 Å². The molecule has 0 aromatic heterocycles. The van der Waals surface area contributed by atoms with Gasteiger partial charge in [0.1, 0.15) is 17.6 Å². The summed E-state index contributed by atoms with van der Waals surface area (Å²) in [6, 6.07) is 25.3. The summed E-state index contributed by atoms with van der Waals surface area (Å²) >= 11 is 0. The Bertz CT molecular complexity index is 904. The number of nitrogens with two attached hydrogens (primary N) is 1. The van der Waals surface area contributed by atoms with Gasteiger partial charge in [-0.05, 0) is 47.5 Å². The number of nitrogens with zero attached hydrogens (tertiary/aromatic N) is 1. The van der Waals surface area contributed by atoms with Crippen molar-refractivity contribution in [3.8, 4) is 17.6 Å². The van der Waals surface area contributed by atoms with Crippen LogP contribution in [-0.2, 0) is 5.41 Å². The van der Waals surface area contributed by atoms with Gasteiger partial charge in [0.05, 0.1) is 5.56 Å². The number of ether oxygens (including phenoxy) is 1. The Labute approximate surface area is 148 Å². The molecule has 3 nitrogen and oxygen atoms in total. The molecule has 0 amide bonds. The first-order valence-corrected chi connectivity index (χ1v) is 8.14. The topological polar surface area (TPSA) is 59.0 Å². The Morgan fingerprint density at radius 3 is 2.00 bits per heavy atom. The lowest BCUT2D eigenvalue weighted by atomic mass is 9.78. The van der Waals surface area contributed by atoms with Crippen LogP contribution >= 0.6 is 0 Å². The molecule has 3 heteroatoms. The van der Waals surface area contributed by atoms with Gasteiger partial charge in [-0.15, -0.1) is 0 Å². The maximum Gasteiger partial charge on any atom is 0.145 e. The molecule has 3 aromatic carbocycles. The lowest BCUT2D eigenvalue weighted by molar-refractivity contribution is 0.480. The van der Waals surface area contributed by atoms with Gasteiger partial charge in [-0.3, -0.25) is 0 Å². The maximum atomic E-state index is 9.15. The summed E-state index contributed by atoms with van der Waals surface area (Å²) in [6.07, 6.45) is 0. The second-order valence-electron chi connectivity index (χ2n) is 6.48. The monoisotopic (exact) mass is 328 g/mol. The van der Waals surface area contributed by atoms with Crippen LogP contribution in [0.25, 0.3) is 0 Å².